The summed E-state index contributed by atoms with van der Waals surface area (Å²) in [5.74, 6) is 0. The minimum atomic E-state index is 0.512. The Balaban J connectivity index is -0.000000812. The van der Waals surface area contributed by atoms with Crippen LogP contribution in [0.3, 0.4) is 0 Å². The molecule has 0 amide bonds. The van der Waals surface area contributed by atoms with Crippen molar-refractivity contribution in [3.05, 3.63) is 72.9 Å². The largest absolute Gasteiger partial charge is 0.0885 e. The number of rotatable bonds is 36. The van der Waals surface area contributed by atoms with Crippen molar-refractivity contribution in [2.75, 3.05) is 0 Å². The summed E-state index contributed by atoms with van der Waals surface area (Å²) in [4.78, 5) is 0. The lowest BCUT2D eigenvalue weighted by atomic mass is 9.89. The first kappa shape index (κ1) is 62.7. The van der Waals surface area contributed by atoms with E-state index in [1.807, 2.05) is 0 Å². The quantitative estimate of drug-likeness (QED) is 0.0436. The van der Waals surface area contributed by atoms with E-state index in [4.69, 9.17) is 0 Å². The minimum absolute atomic E-state index is 0.512. The third-order valence-electron chi connectivity index (χ3n) is 10.9. The predicted molar refractivity (Wildman–Crippen MR) is 283 cm³/mol. The predicted octanol–water partition coefficient (Wildman–Crippen LogP) is 22.4. The van der Waals surface area contributed by atoms with Gasteiger partial charge in [0.1, 0.15) is 0 Å². The Morgan fingerprint density at radius 1 is 0.233 bits per heavy atom. The van der Waals surface area contributed by atoms with Crippen molar-refractivity contribution >= 4 is 0 Å². The lowest BCUT2D eigenvalue weighted by molar-refractivity contribution is 0.357. The molecule has 0 saturated carbocycles. The number of allylic oxidation sites excluding steroid dienone is 12. The highest BCUT2D eigenvalue weighted by Crippen LogP contribution is 2.24. The minimum Gasteiger partial charge on any atom is -0.0885 e. The topological polar surface area (TPSA) is 0 Å². The molecular weight excluding hydrogens is 721 g/mol. The van der Waals surface area contributed by atoms with E-state index in [-0.39, 0.29) is 0 Å². The molecule has 0 spiro atoms. The van der Waals surface area contributed by atoms with Gasteiger partial charge >= 0.3 is 0 Å². The summed E-state index contributed by atoms with van der Waals surface area (Å²) in [6.45, 7) is 27.8. The maximum absolute atomic E-state index is 2.41. The van der Waals surface area contributed by atoms with Crippen LogP contribution >= 0.6 is 0 Å². The van der Waals surface area contributed by atoms with Crippen molar-refractivity contribution < 1.29 is 0 Å². The van der Waals surface area contributed by atoms with Crippen molar-refractivity contribution in [2.45, 2.75) is 295 Å². The normalized spacial score (nSPS) is 12.8. The second kappa shape index (κ2) is 48.5. The molecule has 0 heteroatoms. The molecule has 0 atom stereocenters. The van der Waals surface area contributed by atoms with E-state index in [9.17, 15) is 0 Å². The SMILES string of the molecule is CC/C=C\C/C=C\C/C=C\CCCCCCC(C)(C)C.CCCCC/C=C\C/C=C\CCCCCCC(C)(C)C.CCCCCCCC/C=C\CCCCCCC(C)(C)C. The summed E-state index contributed by atoms with van der Waals surface area (Å²) in [7, 11) is 0. The Kier molecular flexibility index (Phi) is 50.7. The summed E-state index contributed by atoms with van der Waals surface area (Å²) in [5.41, 5.74) is 1.55. The molecular formula is C60H114. The van der Waals surface area contributed by atoms with E-state index < -0.39 is 0 Å². The summed E-state index contributed by atoms with van der Waals surface area (Å²) in [5, 5.41) is 0. The van der Waals surface area contributed by atoms with Gasteiger partial charge in [-0.25, -0.2) is 0 Å². The number of hydrogen-bond donors (Lipinski definition) is 0. The molecule has 0 aliphatic carbocycles. The third-order valence-corrected chi connectivity index (χ3v) is 10.9. The molecule has 354 valence electrons. The molecule has 0 aromatic rings. The second-order valence-electron chi connectivity index (χ2n) is 21.5. The molecule has 0 unspecified atom stereocenters. The van der Waals surface area contributed by atoms with E-state index in [0.29, 0.717) is 16.2 Å². The van der Waals surface area contributed by atoms with Crippen LogP contribution in [0, 0.1) is 16.2 Å². The zero-order valence-corrected chi connectivity index (χ0v) is 43.8. The van der Waals surface area contributed by atoms with Gasteiger partial charge in [0.2, 0.25) is 0 Å². The van der Waals surface area contributed by atoms with Gasteiger partial charge in [-0.1, -0.05) is 259 Å². The number of hydrogen-bond acceptors (Lipinski definition) is 0. The smallest absolute Gasteiger partial charge is 0.0169 e. The number of unbranched alkanes of at least 4 members (excludes halogenated alkanes) is 21. The lowest BCUT2D eigenvalue weighted by Gasteiger charge is -2.17. The molecule has 0 radical (unpaired) electrons. The molecule has 0 nitrogen and oxygen atoms in total. The fourth-order valence-electron chi connectivity index (χ4n) is 6.94. The van der Waals surface area contributed by atoms with Gasteiger partial charge in [0.15, 0.2) is 0 Å². The molecule has 0 aliphatic rings. The maximum atomic E-state index is 2.41. The lowest BCUT2D eigenvalue weighted by Crippen LogP contribution is -2.03. The Labute approximate surface area is 382 Å². The summed E-state index contributed by atoms with van der Waals surface area (Å²) < 4.78 is 0. The van der Waals surface area contributed by atoms with Crippen LogP contribution in [-0.4, -0.2) is 0 Å². The van der Waals surface area contributed by atoms with Crippen molar-refractivity contribution in [3.63, 3.8) is 0 Å². The van der Waals surface area contributed by atoms with Crippen LogP contribution in [-0.2, 0) is 0 Å². The van der Waals surface area contributed by atoms with Crippen LogP contribution in [0.15, 0.2) is 72.9 Å². The second-order valence-corrected chi connectivity index (χ2v) is 21.5. The highest BCUT2D eigenvalue weighted by molar-refractivity contribution is 4.97. The van der Waals surface area contributed by atoms with Gasteiger partial charge in [-0.05, 0) is 125 Å². The van der Waals surface area contributed by atoms with Crippen LogP contribution in [0.5, 0.6) is 0 Å². The van der Waals surface area contributed by atoms with Crippen LogP contribution in [0.2, 0.25) is 0 Å². The monoisotopic (exact) mass is 835 g/mol. The van der Waals surface area contributed by atoms with E-state index >= 15 is 0 Å². The fraction of sp³-hybridized carbons (Fsp3) is 0.800. The molecule has 0 N–H and O–H groups in total. The van der Waals surface area contributed by atoms with Crippen molar-refractivity contribution in [2.24, 2.45) is 16.2 Å². The molecule has 0 aromatic heterocycles. The van der Waals surface area contributed by atoms with Gasteiger partial charge in [0, 0.05) is 0 Å². The molecule has 0 bridgehead atoms. The Morgan fingerprint density at radius 3 is 0.750 bits per heavy atom. The van der Waals surface area contributed by atoms with Crippen LogP contribution in [0.1, 0.15) is 295 Å². The summed E-state index contributed by atoms with van der Waals surface area (Å²) in [6, 6.07) is 0. The first-order chi connectivity index (χ1) is 28.7. The van der Waals surface area contributed by atoms with E-state index in [0.717, 1.165) is 25.7 Å². The highest BCUT2D eigenvalue weighted by atomic mass is 14.2. The van der Waals surface area contributed by atoms with Gasteiger partial charge < -0.3 is 0 Å². The van der Waals surface area contributed by atoms with E-state index in [1.165, 1.54) is 186 Å². The molecule has 60 heavy (non-hydrogen) atoms. The standard InChI is InChI=1S/C20H40.C20H38.C20H36/c3*1-5-6-7-8-9-10-11-12-13-14-15-16-17-18-19-20(2,3)4/h12-13H,5-11,14-19H2,1-4H3;9-10,12-13H,5-8,11,14-19H2,1-4H3;6-7,9-10,12-13H,5,8,11,14-19H2,1-4H3/b13-12-;10-9-,13-12-;7-6-,10-9-,13-12-. The van der Waals surface area contributed by atoms with Crippen molar-refractivity contribution in [1.29, 1.82) is 0 Å². The van der Waals surface area contributed by atoms with Gasteiger partial charge in [0.25, 0.3) is 0 Å². The molecule has 0 aliphatic heterocycles. The van der Waals surface area contributed by atoms with Crippen LogP contribution in [0.4, 0.5) is 0 Å². The highest BCUT2D eigenvalue weighted by Gasteiger charge is 2.10. The van der Waals surface area contributed by atoms with Crippen molar-refractivity contribution in [3.8, 4) is 0 Å². The van der Waals surface area contributed by atoms with E-state index in [1.54, 1.807) is 0 Å². The van der Waals surface area contributed by atoms with Gasteiger partial charge in [0.05, 0.1) is 0 Å². The Bertz CT molecular complexity index is 975. The van der Waals surface area contributed by atoms with Gasteiger partial charge in [-0.3, -0.25) is 0 Å². The molecule has 0 fully saturated rings. The summed E-state index contributed by atoms with van der Waals surface area (Å²) >= 11 is 0. The molecule has 0 saturated heterocycles. The third kappa shape index (κ3) is 71.0. The van der Waals surface area contributed by atoms with Gasteiger partial charge in [-0.15, -0.1) is 0 Å². The average molecular weight is 836 g/mol. The summed E-state index contributed by atoms with van der Waals surface area (Å²) in [6.07, 6.45) is 71.9. The maximum Gasteiger partial charge on any atom is -0.0169 e. The first-order valence-corrected chi connectivity index (χ1v) is 26.6. The molecule has 0 heterocycles. The fourth-order valence-corrected chi connectivity index (χ4v) is 6.94. The van der Waals surface area contributed by atoms with E-state index in [2.05, 4.69) is 156 Å². The van der Waals surface area contributed by atoms with Gasteiger partial charge in [-0.2, -0.15) is 0 Å². The first-order valence-electron chi connectivity index (χ1n) is 26.6. The molecule has 0 rings (SSSR count). The zero-order valence-electron chi connectivity index (χ0n) is 43.8. The zero-order chi connectivity index (χ0) is 45.3. The Morgan fingerprint density at radius 2 is 0.450 bits per heavy atom. The molecule has 0 aromatic carbocycles. The van der Waals surface area contributed by atoms with Crippen molar-refractivity contribution in [1.82, 2.24) is 0 Å². The van der Waals surface area contributed by atoms with Crippen LogP contribution in [0.25, 0.3) is 0 Å². The average Bonchev–Trinajstić information content (AvgIpc) is 3.17. The Hall–Kier alpha value is -1.56. The van der Waals surface area contributed by atoms with Crippen LogP contribution < -0.4 is 0 Å².